The Labute approximate surface area is 91.7 Å². The van der Waals surface area contributed by atoms with Gasteiger partial charge in [-0.2, -0.15) is 0 Å². The summed E-state index contributed by atoms with van der Waals surface area (Å²) in [5, 5.41) is 0. The zero-order valence-corrected chi connectivity index (χ0v) is 8.60. The van der Waals surface area contributed by atoms with Crippen LogP contribution in [-0.4, -0.2) is 25.5 Å². The van der Waals surface area contributed by atoms with E-state index < -0.39 is 0 Å². The van der Waals surface area contributed by atoms with E-state index in [0.29, 0.717) is 23.0 Å². The summed E-state index contributed by atoms with van der Waals surface area (Å²) >= 11 is 0. The first-order chi connectivity index (χ1) is 7.78. The van der Waals surface area contributed by atoms with Gasteiger partial charge in [0, 0.05) is 12.2 Å². The molecule has 1 unspecified atom stereocenters. The normalized spacial score (nSPS) is 26.3. The summed E-state index contributed by atoms with van der Waals surface area (Å²) < 4.78 is 15.7. The molecule has 1 saturated heterocycles. The van der Waals surface area contributed by atoms with Gasteiger partial charge in [0.15, 0.2) is 11.5 Å². The number of carbonyl (C=O) groups is 1. The van der Waals surface area contributed by atoms with Crippen LogP contribution >= 0.6 is 0 Å². The second kappa shape index (κ2) is 3.23. The molecule has 3 aliphatic rings. The molecule has 1 atom stereocenters. The molecule has 2 aliphatic heterocycles. The first-order valence-electron chi connectivity index (χ1n) is 4.85. The van der Waals surface area contributed by atoms with E-state index in [-0.39, 0.29) is 18.6 Å². The fraction of sp³-hybridized carbons (Fsp3) is 0.273. The van der Waals surface area contributed by atoms with Crippen LogP contribution in [0.3, 0.4) is 0 Å². The molecule has 82 valence electrons. The molecule has 2 heterocycles. The van der Waals surface area contributed by atoms with Crippen molar-refractivity contribution in [3.63, 3.8) is 0 Å². The average Bonchev–Trinajstić information content (AvgIpc) is 2.72. The lowest BCUT2D eigenvalue weighted by Crippen LogP contribution is -2.23. The number of amides is 1. The largest absolute Gasteiger partial charge is 0.500 e. The Balaban J connectivity index is 2.06. The molecule has 1 fully saturated rings. The van der Waals surface area contributed by atoms with Gasteiger partial charge in [-0.3, -0.25) is 4.79 Å². The number of rotatable bonds is 1. The zero-order valence-electron chi connectivity index (χ0n) is 8.60. The minimum absolute atomic E-state index is 0.150. The number of methoxy groups -OCH3 is 1. The fourth-order valence-corrected chi connectivity index (χ4v) is 1.89. The van der Waals surface area contributed by atoms with E-state index in [2.05, 4.69) is 4.99 Å². The summed E-state index contributed by atoms with van der Waals surface area (Å²) in [6.45, 7) is 0.206. The summed E-state index contributed by atoms with van der Waals surface area (Å²) in [5.41, 5.74) is 0.633. The van der Waals surface area contributed by atoms with E-state index >= 15 is 0 Å². The highest BCUT2D eigenvalue weighted by Gasteiger charge is 2.32. The van der Waals surface area contributed by atoms with Crippen molar-refractivity contribution in [2.75, 3.05) is 13.9 Å². The summed E-state index contributed by atoms with van der Waals surface area (Å²) in [4.78, 5) is 15.2. The topological polar surface area (TPSA) is 57.1 Å². The Morgan fingerprint density at radius 2 is 2.19 bits per heavy atom. The lowest BCUT2D eigenvalue weighted by atomic mass is 9.92. The number of dihydropyridines is 1. The van der Waals surface area contributed by atoms with E-state index in [9.17, 15) is 4.79 Å². The van der Waals surface area contributed by atoms with Crippen LogP contribution in [0, 0.1) is 5.92 Å². The number of hydrogen-bond donors (Lipinski definition) is 0. The molecule has 0 aromatic heterocycles. The van der Waals surface area contributed by atoms with Gasteiger partial charge in [0.2, 0.25) is 6.79 Å². The van der Waals surface area contributed by atoms with Crippen LogP contribution in [0.1, 0.15) is 0 Å². The molecule has 3 rings (SSSR count). The highest BCUT2D eigenvalue weighted by atomic mass is 16.7. The van der Waals surface area contributed by atoms with Gasteiger partial charge in [-0.05, 0) is 6.08 Å². The minimum Gasteiger partial charge on any atom is -0.500 e. The predicted molar refractivity (Wildman–Crippen MR) is 54.2 cm³/mol. The van der Waals surface area contributed by atoms with Crippen LogP contribution in [0.4, 0.5) is 0 Å². The van der Waals surface area contributed by atoms with Crippen molar-refractivity contribution >= 4 is 11.6 Å². The van der Waals surface area contributed by atoms with Crippen molar-refractivity contribution in [1.29, 1.82) is 0 Å². The minimum atomic E-state index is -0.310. The first kappa shape index (κ1) is 9.21. The molecule has 1 aliphatic carbocycles. The average molecular weight is 219 g/mol. The fourth-order valence-electron chi connectivity index (χ4n) is 1.89. The molecular weight excluding hydrogens is 210 g/mol. The van der Waals surface area contributed by atoms with Crippen molar-refractivity contribution < 1.29 is 19.0 Å². The summed E-state index contributed by atoms with van der Waals surface area (Å²) in [6, 6.07) is 0. The highest BCUT2D eigenvalue weighted by molar-refractivity contribution is 6.12. The Morgan fingerprint density at radius 3 is 3.00 bits per heavy atom. The van der Waals surface area contributed by atoms with Crippen LogP contribution in [-0.2, 0) is 19.0 Å². The third kappa shape index (κ3) is 1.25. The van der Waals surface area contributed by atoms with Crippen LogP contribution < -0.4 is 0 Å². The molecular formula is C11H9NO4. The molecule has 0 saturated carbocycles. The number of aliphatic imine (C=N–C) groups is 1. The van der Waals surface area contributed by atoms with Crippen LogP contribution in [0.2, 0.25) is 0 Å². The van der Waals surface area contributed by atoms with Gasteiger partial charge in [-0.1, -0.05) is 0 Å². The van der Waals surface area contributed by atoms with Crippen molar-refractivity contribution in [3.05, 3.63) is 35.5 Å². The van der Waals surface area contributed by atoms with Gasteiger partial charge >= 0.3 is 0 Å². The second-order valence-electron chi connectivity index (χ2n) is 3.55. The Kier molecular flexibility index (Phi) is 1.86. The summed E-state index contributed by atoms with van der Waals surface area (Å²) in [5.74, 6) is 1.42. The number of fused-ring (bicyclic) bond motifs is 2. The summed E-state index contributed by atoms with van der Waals surface area (Å²) in [7, 11) is 1.53. The maximum atomic E-state index is 11.3. The van der Waals surface area contributed by atoms with Crippen LogP contribution in [0.25, 0.3) is 0 Å². The van der Waals surface area contributed by atoms with Gasteiger partial charge in [-0.25, -0.2) is 4.99 Å². The van der Waals surface area contributed by atoms with Crippen molar-refractivity contribution in [2.24, 2.45) is 10.9 Å². The molecule has 0 spiro atoms. The Morgan fingerprint density at radius 1 is 1.38 bits per heavy atom. The molecule has 16 heavy (non-hydrogen) atoms. The van der Waals surface area contributed by atoms with E-state index in [1.165, 1.54) is 13.2 Å². The van der Waals surface area contributed by atoms with Crippen LogP contribution in [0.5, 0.6) is 0 Å². The maximum absolute atomic E-state index is 11.3. The van der Waals surface area contributed by atoms with E-state index in [0.717, 1.165) is 0 Å². The van der Waals surface area contributed by atoms with Gasteiger partial charge in [0.1, 0.15) is 5.76 Å². The van der Waals surface area contributed by atoms with Crippen molar-refractivity contribution in [2.45, 2.75) is 0 Å². The molecule has 0 N–H and O–H groups in total. The Bertz CT molecular complexity index is 484. The standard InChI is InChI=1S/C11H9NO4/c1-14-8-4-11(13)12-7-3-10-9(2-6(7)8)15-5-16-10/h2-4,6H,5H2,1H3. The van der Waals surface area contributed by atoms with E-state index in [1.807, 2.05) is 6.08 Å². The number of ether oxygens (including phenoxy) is 3. The number of allylic oxidation sites excluding steroid dienone is 2. The molecule has 0 aromatic rings. The van der Waals surface area contributed by atoms with E-state index in [4.69, 9.17) is 14.2 Å². The van der Waals surface area contributed by atoms with Gasteiger partial charge in [0.25, 0.3) is 5.91 Å². The van der Waals surface area contributed by atoms with Crippen LogP contribution in [0.15, 0.2) is 40.5 Å². The molecule has 5 heteroatoms. The van der Waals surface area contributed by atoms with Gasteiger partial charge in [-0.15, -0.1) is 0 Å². The third-order valence-corrected chi connectivity index (χ3v) is 2.63. The van der Waals surface area contributed by atoms with Gasteiger partial charge < -0.3 is 14.2 Å². The highest BCUT2D eigenvalue weighted by Crippen LogP contribution is 2.32. The first-order valence-corrected chi connectivity index (χ1v) is 4.85. The SMILES string of the molecule is COC1=CC(=O)N=C2C=C3OCOC3=CC12. The number of hydrogen-bond acceptors (Lipinski definition) is 4. The van der Waals surface area contributed by atoms with Crippen molar-refractivity contribution in [1.82, 2.24) is 0 Å². The number of nitrogens with zero attached hydrogens (tertiary/aromatic N) is 1. The number of carbonyl (C=O) groups excluding carboxylic acids is 1. The van der Waals surface area contributed by atoms with Gasteiger partial charge in [0.05, 0.1) is 18.7 Å². The maximum Gasteiger partial charge on any atom is 0.273 e. The second-order valence-corrected chi connectivity index (χ2v) is 3.55. The molecule has 0 radical (unpaired) electrons. The van der Waals surface area contributed by atoms with Crippen molar-refractivity contribution in [3.8, 4) is 0 Å². The molecule has 0 aromatic carbocycles. The quantitative estimate of drug-likeness (QED) is 0.657. The van der Waals surface area contributed by atoms with E-state index in [1.54, 1.807) is 6.08 Å². The Hall–Kier alpha value is -2.04. The molecule has 1 amide bonds. The smallest absolute Gasteiger partial charge is 0.273 e. The molecule has 0 bridgehead atoms. The zero-order chi connectivity index (χ0) is 11.1. The molecule has 5 nitrogen and oxygen atoms in total. The monoisotopic (exact) mass is 219 g/mol. The lowest BCUT2D eigenvalue weighted by molar-refractivity contribution is -0.113. The third-order valence-electron chi connectivity index (χ3n) is 2.63. The summed E-state index contributed by atoms with van der Waals surface area (Å²) in [6.07, 6.45) is 4.96. The lowest BCUT2D eigenvalue weighted by Gasteiger charge is -2.22. The predicted octanol–water partition coefficient (Wildman–Crippen LogP) is 0.900.